The van der Waals surface area contributed by atoms with E-state index in [1.54, 1.807) is 0 Å². The Balaban J connectivity index is 2.43. The van der Waals surface area contributed by atoms with Gasteiger partial charge in [0.15, 0.2) is 0 Å². The van der Waals surface area contributed by atoms with Crippen LogP contribution in [0.25, 0.3) is 0 Å². The Morgan fingerprint density at radius 1 is 1.47 bits per heavy atom. The molecule has 1 N–H and O–H groups in total. The molecule has 0 spiro atoms. The van der Waals surface area contributed by atoms with E-state index in [2.05, 4.69) is 45.0 Å². The van der Waals surface area contributed by atoms with Crippen molar-refractivity contribution in [3.8, 4) is 0 Å². The molecular weight excluding hydrogens is 188 g/mol. The lowest BCUT2D eigenvalue weighted by molar-refractivity contribution is 0.0749. The first-order valence-electron chi connectivity index (χ1n) is 6.03. The van der Waals surface area contributed by atoms with E-state index in [1.165, 1.54) is 6.42 Å². The minimum atomic E-state index is 0.186. The van der Waals surface area contributed by atoms with Gasteiger partial charge in [-0.25, -0.2) is 0 Å². The van der Waals surface area contributed by atoms with Crippen molar-refractivity contribution in [3.63, 3.8) is 0 Å². The van der Waals surface area contributed by atoms with Gasteiger partial charge in [-0.1, -0.05) is 6.92 Å². The van der Waals surface area contributed by atoms with Crippen molar-refractivity contribution in [1.29, 1.82) is 0 Å². The predicted molar refractivity (Wildman–Crippen MR) is 64.2 cm³/mol. The van der Waals surface area contributed by atoms with Crippen molar-refractivity contribution >= 4 is 0 Å². The van der Waals surface area contributed by atoms with Crippen molar-refractivity contribution in [2.45, 2.75) is 51.8 Å². The molecule has 3 heteroatoms. The minimum absolute atomic E-state index is 0.186. The van der Waals surface area contributed by atoms with E-state index in [0.29, 0.717) is 12.1 Å². The maximum Gasteiger partial charge on any atom is 0.0702 e. The Morgan fingerprint density at radius 2 is 2.13 bits per heavy atom. The molecule has 90 valence electrons. The maximum absolute atomic E-state index is 5.60. The van der Waals surface area contributed by atoms with Gasteiger partial charge < -0.3 is 10.1 Å². The SMILES string of the molecule is CCNC(C)(C)CN(C)C1CCOC1C. The van der Waals surface area contributed by atoms with Gasteiger partial charge in [0.2, 0.25) is 0 Å². The fourth-order valence-electron chi connectivity index (χ4n) is 2.57. The second-order valence-electron chi connectivity index (χ2n) is 5.26. The van der Waals surface area contributed by atoms with Crippen LogP contribution in [-0.4, -0.2) is 49.3 Å². The van der Waals surface area contributed by atoms with Crippen molar-refractivity contribution in [2.75, 3.05) is 26.7 Å². The molecule has 1 aliphatic heterocycles. The largest absolute Gasteiger partial charge is 0.377 e. The zero-order valence-electron chi connectivity index (χ0n) is 10.8. The lowest BCUT2D eigenvalue weighted by atomic mass is 10.0. The van der Waals surface area contributed by atoms with Gasteiger partial charge in [0.05, 0.1) is 6.10 Å². The van der Waals surface area contributed by atoms with Gasteiger partial charge in [0.25, 0.3) is 0 Å². The van der Waals surface area contributed by atoms with Crippen molar-refractivity contribution < 1.29 is 4.74 Å². The molecule has 2 atom stereocenters. The van der Waals surface area contributed by atoms with Crippen LogP contribution in [0.5, 0.6) is 0 Å². The molecule has 1 saturated heterocycles. The summed E-state index contributed by atoms with van der Waals surface area (Å²) in [5.41, 5.74) is 0.186. The molecule has 0 aromatic carbocycles. The highest BCUT2D eigenvalue weighted by Gasteiger charge is 2.30. The van der Waals surface area contributed by atoms with Gasteiger partial charge in [-0.05, 0) is 40.8 Å². The second-order valence-corrected chi connectivity index (χ2v) is 5.26. The second kappa shape index (κ2) is 5.28. The molecule has 0 aromatic rings. The summed E-state index contributed by atoms with van der Waals surface area (Å²) in [6.07, 6.45) is 1.55. The third-order valence-corrected chi connectivity index (χ3v) is 3.20. The van der Waals surface area contributed by atoms with Crippen LogP contribution in [0.1, 0.15) is 34.1 Å². The molecule has 0 saturated carbocycles. The summed E-state index contributed by atoms with van der Waals surface area (Å²) >= 11 is 0. The van der Waals surface area contributed by atoms with E-state index in [9.17, 15) is 0 Å². The molecule has 1 aliphatic rings. The summed E-state index contributed by atoms with van der Waals surface area (Å²) in [5.74, 6) is 0. The first kappa shape index (κ1) is 12.9. The lowest BCUT2D eigenvalue weighted by Crippen LogP contribution is -2.51. The number of nitrogens with zero attached hydrogens (tertiary/aromatic N) is 1. The van der Waals surface area contributed by atoms with Crippen molar-refractivity contribution in [2.24, 2.45) is 0 Å². The lowest BCUT2D eigenvalue weighted by Gasteiger charge is -2.35. The molecule has 0 aromatic heterocycles. The standard InChI is InChI=1S/C12H26N2O/c1-6-13-12(3,4)9-14(5)11-7-8-15-10(11)2/h10-11,13H,6-9H2,1-5H3. The number of hydrogen-bond donors (Lipinski definition) is 1. The Labute approximate surface area is 94.2 Å². The average molecular weight is 214 g/mol. The van der Waals surface area contributed by atoms with Crippen LogP contribution in [0.15, 0.2) is 0 Å². The Kier molecular flexibility index (Phi) is 4.56. The molecule has 0 radical (unpaired) electrons. The van der Waals surface area contributed by atoms with E-state index in [4.69, 9.17) is 4.74 Å². The fourth-order valence-corrected chi connectivity index (χ4v) is 2.57. The molecule has 1 fully saturated rings. The van der Waals surface area contributed by atoms with Gasteiger partial charge in [-0.15, -0.1) is 0 Å². The number of hydrogen-bond acceptors (Lipinski definition) is 3. The topological polar surface area (TPSA) is 24.5 Å². The highest BCUT2D eigenvalue weighted by atomic mass is 16.5. The highest BCUT2D eigenvalue weighted by molar-refractivity contribution is 4.87. The minimum Gasteiger partial charge on any atom is -0.377 e. The van der Waals surface area contributed by atoms with Crippen molar-refractivity contribution in [1.82, 2.24) is 10.2 Å². The Bertz CT molecular complexity index is 194. The van der Waals surface area contributed by atoms with Crippen LogP contribution < -0.4 is 5.32 Å². The van der Waals surface area contributed by atoms with Crippen LogP contribution in [0, 0.1) is 0 Å². The number of ether oxygens (including phenoxy) is 1. The number of rotatable bonds is 5. The maximum atomic E-state index is 5.60. The molecular formula is C12H26N2O. The molecule has 0 bridgehead atoms. The number of nitrogens with one attached hydrogen (secondary N) is 1. The molecule has 0 aliphatic carbocycles. The van der Waals surface area contributed by atoms with E-state index in [1.807, 2.05) is 0 Å². The van der Waals surface area contributed by atoms with Gasteiger partial charge in [-0.2, -0.15) is 0 Å². The van der Waals surface area contributed by atoms with Gasteiger partial charge in [-0.3, -0.25) is 4.90 Å². The molecule has 1 heterocycles. The monoisotopic (exact) mass is 214 g/mol. The van der Waals surface area contributed by atoms with E-state index in [-0.39, 0.29) is 5.54 Å². The van der Waals surface area contributed by atoms with Crippen LogP contribution in [0.4, 0.5) is 0 Å². The Morgan fingerprint density at radius 3 is 2.60 bits per heavy atom. The van der Waals surface area contributed by atoms with E-state index < -0.39 is 0 Å². The fraction of sp³-hybridized carbons (Fsp3) is 1.00. The first-order chi connectivity index (χ1) is 6.96. The van der Waals surface area contributed by atoms with Gasteiger partial charge >= 0.3 is 0 Å². The summed E-state index contributed by atoms with van der Waals surface area (Å²) < 4.78 is 5.60. The van der Waals surface area contributed by atoms with E-state index >= 15 is 0 Å². The molecule has 15 heavy (non-hydrogen) atoms. The zero-order valence-corrected chi connectivity index (χ0v) is 10.8. The summed E-state index contributed by atoms with van der Waals surface area (Å²) in [5, 5.41) is 3.51. The summed E-state index contributed by atoms with van der Waals surface area (Å²) in [4.78, 5) is 2.43. The third-order valence-electron chi connectivity index (χ3n) is 3.20. The van der Waals surface area contributed by atoms with Crippen LogP contribution in [0.2, 0.25) is 0 Å². The molecule has 2 unspecified atom stereocenters. The first-order valence-corrected chi connectivity index (χ1v) is 6.03. The van der Waals surface area contributed by atoms with Crippen molar-refractivity contribution in [3.05, 3.63) is 0 Å². The molecule has 3 nitrogen and oxygen atoms in total. The van der Waals surface area contributed by atoms with Crippen LogP contribution in [0.3, 0.4) is 0 Å². The highest BCUT2D eigenvalue weighted by Crippen LogP contribution is 2.19. The third kappa shape index (κ3) is 3.74. The van der Waals surface area contributed by atoms with Crippen LogP contribution >= 0.6 is 0 Å². The average Bonchev–Trinajstić information content (AvgIpc) is 2.50. The molecule has 1 rings (SSSR count). The quantitative estimate of drug-likeness (QED) is 0.750. The summed E-state index contributed by atoms with van der Waals surface area (Å²) in [6.45, 7) is 11.9. The predicted octanol–water partition coefficient (Wildman–Crippen LogP) is 1.48. The van der Waals surface area contributed by atoms with Gasteiger partial charge in [0.1, 0.15) is 0 Å². The summed E-state index contributed by atoms with van der Waals surface area (Å²) in [6, 6.07) is 0.586. The van der Waals surface area contributed by atoms with Crippen LogP contribution in [-0.2, 0) is 4.74 Å². The summed E-state index contributed by atoms with van der Waals surface area (Å²) in [7, 11) is 2.20. The van der Waals surface area contributed by atoms with E-state index in [0.717, 1.165) is 19.7 Å². The Hall–Kier alpha value is -0.120. The number of likely N-dealkylation sites (N-methyl/N-ethyl adjacent to an activating group) is 2. The normalized spacial score (nSPS) is 27.6. The van der Waals surface area contributed by atoms with Gasteiger partial charge in [0, 0.05) is 24.7 Å². The zero-order chi connectivity index (χ0) is 11.5. The molecule has 0 amide bonds. The smallest absolute Gasteiger partial charge is 0.0702 e.